The van der Waals surface area contributed by atoms with Gasteiger partial charge in [-0.15, -0.1) is 0 Å². The van der Waals surface area contributed by atoms with E-state index >= 15 is 0 Å². The Morgan fingerprint density at radius 3 is 2.56 bits per heavy atom. The zero-order valence-corrected chi connectivity index (χ0v) is 19.1. The molecule has 0 saturated heterocycles. The molecular formula is C27H25F2N3O2. The Balaban J connectivity index is 1.50. The average Bonchev–Trinajstić information content (AvgIpc) is 3.26. The lowest BCUT2D eigenvalue weighted by Gasteiger charge is -2.34. The summed E-state index contributed by atoms with van der Waals surface area (Å²) < 4.78 is 29.0. The SMILES string of the molecule is Cc1ccc(-c2cc(C(=O)N[C@H](C)c3ccncc3F)cc(C3=NOC4(CCC4)C3)c2)c(F)c1. The number of hydrogen-bond donors (Lipinski definition) is 1. The minimum atomic E-state index is -0.580. The molecule has 34 heavy (non-hydrogen) atoms. The molecule has 0 bridgehead atoms. The van der Waals surface area contributed by atoms with Crippen molar-refractivity contribution in [3.63, 3.8) is 0 Å². The van der Waals surface area contributed by atoms with E-state index in [9.17, 15) is 13.6 Å². The highest BCUT2D eigenvalue weighted by molar-refractivity contribution is 6.05. The van der Waals surface area contributed by atoms with Crippen LogP contribution in [0.5, 0.6) is 0 Å². The molecule has 3 aromatic rings. The van der Waals surface area contributed by atoms with Crippen LogP contribution in [0.15, 0.2) is 60.0 Å². The summed E-state index contributed by atoms with van der Waals surface area (Å²) in [6.45, 7) is 3.53. The second-order valence-electron chi connectivity index (χ2n) is 9.22. The van der Waals surface area contributed by atoms with Crippen molar-refractivity contribution in [2.24, 2.45) is 5.16 Å². The van der Waals surface area contributed by atoms with E-state index in [1.54, 1.807) is 25.1 Å². The van der Waals surface area contributed by atoms with Crippen molar-refractivity contribution in [2.45, 2.75) is 51.2 Å². The van der Waals surface area contributed by atoms with Crippen LogP contribution in [0.25, 0.3) is 11.1 Å². The van der Waals surface area contributed by atoms with Crippen LogP contribution in [0.2, 0.25) is 0 Å². The highest BCUT2D eigenvalue weighted by Gasteiger charge is 2.45. The Morgan fingerprint density at radius 1 is 1.09 bits per heavy atom. The first-order chi connectivity index (χ1) is 16.3. The number of oxime groups is 1. The molecule has 5 nitrogen and oxygen atoms in total. The molecule has 174 valence electrons. The Kier molecular flexibility index (Phi) is 5.63. The number of halogens is 2. The molecular weight excluding hydrogens is 436 g/mol. The minimum Gasteiger partial charge on any atom is -0.389 e. The third-order valence-corrected chi connectivity index (χ3v) is 6.69. The van der Waals surface area contributed by atoms with Gasteiger partial charge in [0.15, 0.2) is 0 Å². The summed E-state index contributed by atoms with van der Waals surface area (Å²) in [7, 11) is 0. The molecule has 1 spiro atoms. The van der Waals surface area contributed by atoms with Gasteiger partial charge in [-0.25, -0.2) is 8.78 Å². The number of nitrogens with zero attached hydrogens (tertiary/aromatic N) is 2. The lowest BCUT2D eigenvalue weighted by Crippen LogP contribution is -2.36. The summed E-state index contributed by atoms with van der Waals surface area (Å²) in [6.07, 6.45) is 6.27. The molecule has 1 fully saturated rings. The molecule has 1 aromatic heterocycles. The monoisotopic (exact) mass is 461 g/mol. The number of carbonyl (C=O) groups is 1. The number of amides is 1. The van der Waals surface area contributed by atoms with Gasteiger partial charge in [-0.3, -0.25) is 9.78 Å². The molecule has 0 unspecified atom stereocenters. The summed E-state index contributed by atoms with van der Waals surface area (Å²) in [6, 6.07) is 11.2. The van der Waals surface area contributed by atoms with Gasteiger partial charge >= 0.3 is 0 Å². The zero-order chi connectivity index (χ0) is 23.9. The fourth-order valence-corrected chi connectivity index (χ4v) is 4.55. The van der Waals surface area contributed by atoms with Gasteiger partial charge in [0.1, 0.15) is 17.2 Å². The summed E-state index contributed by atoms with van der Waals surface area (Å²) >= 11 is 0. The van der Waals surface area contributed by atoms with E-state index in [1.807, 2.05) is 19.1 Å². The molecule has 5 rings (SSSR count). The highest BCUT2D eigenvalue weighted by atomic mass is 19.1. The van der Waals surface area contributed by atoms with Crippen molar-refractivity contribution >= 4 is 11.6 Å². The number of carbonyl (C=O) groups excluding carboxylic acids is 1. The third-order valence-electron chi connectivity index (χ3n) is 6.69. The van der Waals surface area contributed by atoms with Gasteiger partial charge in [0, 0.05) is 34.9 Å². The molecule has 1 N–H and O–H groups in total. The topological polar surface area (TPSA) is 63.6 Å². The normalized spacial score (nSPS) is 17.0. The van der Waals surface area contributed by atoms with E-state index in [-0.39, 0.29) is 11.4 Å². The van der Waals surface area contributed by atoms with E-state index in [2.05, 4.69) is 15.5 Å². The fourth-order valence-electron chi connectivity index (χ4n) is 4.55. The molecule has 2 aliphatic rings. The molecule has 1 saturated carbocycles. The predicted octanol–water partition coefficient (Wildman–Crippen LogP) is 5.87. The van der Waals surface area contributed by atoms with E-state index < -0.39 is 17.8 Å². The fraction of sp³-hybridized carbons (Fsp3) is 0.296. The van der Waals surface area contributed by atoms with Crippen molar-refractivity contribution in [3.05, 3.63) is 88.7 Å². The van der Waals surface area contributed by atoms with Gasteiger partial charge in [-0.2, -0.15) is 0 Å². The van der Waals surface area contributed by atoms with Crippen LogP contribution in [0.3, 0.4) is 0 Å². The molecule has 1 aliphatic heterocycles. The standard InChI is InChI=1S/C27H25F2N3O2/c1-16-4-5-22(23(28)10-16)18-11-19(25-14-27(34-32-25)7-3-8-27)13-20(12-18)26(33)31-17(2)21-6-9-30-15-24(21)29/h4-6,9-13,15,17H,3,7-8,14H2,1-2H3,(H,31,33)/t17-/m1/s1. The molecule has 7 heteroatoms. The van der Waals surface area contributed by atoms with Crippen molar-refractivity contribution in [3.8, 4) is 11.1 Å². The molecule has 0 radical (unpaired) electrons. The number of benzene rings is 2. The second-order valence-corrected chi connectivity index (χ2v) is 9.22. The molecule has 1 aliphatic carbocycles. The number of nitrogens with one attached hydrogen (secondary N) is 1. The number of hydrogen-bond acceptors (Lipinski definition) is 4. The highest BCUT2D eigenvalue weighted by Crippen LogP contribution is 2.43. The average molecular weight is 462 g/mol. The van der Waals surface area contributed by atoms with E-state index in [1.165, 1.54) is 18.3 Å². The van der Waals surface area contributed by atoms with Crippen LogP contribution in [0.4, 0.5) is 8.78 Å². The van der Waals surface area contributed by atoms with Crippen LogP contribution in [-0.4, -0.2) is 22.2 Å². The zero-order valence-electron chi connectivity index (χ0n) is 19.1. The molecule has 2 heterocycles. The van der Waals surface area contributed by atoms with E-state index in [0.717, 1.165) is 36.7 Å². The van der Waals surface area contributed by atoms with Crippen LogP contribution in [-0.2, 0) is 4.84 Å². The van der Waals surface area contributed by atoms with Crippen LogP contribution < -0.4 is 5.32 Å². The number of pyridine rings is 1. The van der Waals surface area contributed by atoms with Crippen molar-refractivity contribution in [1.29, 1.82) is 0 Å². The number of aryl methyl sites for hydroxylation is 1. The van der Waals surface area contributed by atoms with Crippen molar-refractivity contribution in [1.82, 2.24) is 10.3 Å². The van der Waals surface area contributed by atoms with Crippen LogP contribution in [0, 0.1) is 18.6 Å². The second kappa shape index (κ2) is 8.63. The quantitative estimate of drug-likeness (QED) is 0.517. The maximum Gasteiger partial charge on any atom is 0.251 e. The summed E-state index contributed by atoms with van der Waals surface area (Å²) in [4.78, 5) is 22.7. The number of rotatable bonds is 5. The van der Waals surface area contributed by atoms with Gasteiger partial charge in [0.2, 0.25) is 0 Å². The lowest BCUT2D eigenvalue weighted by molar-refractivity contribution is -0.0755. The largest absolute Gasteiger partial charge is 0.389 e. The van der Waals surface area contributed by atoms with E-state index in [4.69, 9.17) is 4.84 Å². The van der Waals surface area contributed by atoms with Crippen LogP contribution in [0.1, 0.15) is 65.7 Å². The molecule has 1 amide bonds. The Labute approximate surface area is 196 Å². The summed E-state index contributed by atoms with van der Waals surface area (Å²) in [5.74, 6) is -1.25. The van der Waals surface area contributed by atoms with Gasteiger partial charge < -0.3 is 10.2 Å². The van der Waals surface area contributed by atoms with Gasteiger partial charge in [-0.1, -0.05) is 17.3 Å². The lowest BCUT2D eigenvalue weighted by atomic mass is 9.76. The van der Waals surface area contributed by atoms with E-state index in [0.29, 0.717) is 34.2 Å². The maximum atomic E-state index is 14.8. The van der Waals surface area contributed by atoms with Gasteiger partial charge in [-0.05, 0) is 74.6 Å². The third kappa shape index (κ3) is 4.18. The Morgan fingerprint density at radius 2 is 1.88 bits per heavy atom. The van der Waals surface area contributed by atoms with Crippen molar-refractivity contribution < 1.29 is 18.4 Å². The summed E-state index contributed by atoms with van der Waals surface area (Å²) in [5, 5.41) is 7.15. The minimum absolute atomic E-state index is 0.240. The predicted molar refractivity (Wildman–Crippen MR) is 125 cm³/mol. The summed E-state index contributed by atoms with van der Waals surface area (Å²) in [5.41, 5.74) is 3.68. The molecule has 1 atom stereocenters. The van der Waals surface area contributed by atoms with Gasteiger partial charge in [0.25, 0.3) is 5.91 Å². The Hall–Kier alpha value is -3.61. The molecule has 2 aromatic carbocycles. The first-order valence-corrected chi connectivity index (χ1v) is 11.4. The first kappa shape index (κ1) is 22.2. The van der Waals surface area contributed by atoms with Crippen molar-refractivity contribution in [2.75, 3.05) is 0 Å². The first-order valence-electron chi connectivity index (χ1n) is 11.4. The van der Waals surface area contributed by atoms with Gasteiger partial charge in [0.05, 0.1) is 18.0 Å². The smallest absolute Gasteiger partial charge is 0.251 e. The maximum absolute atomic E-state index is 14.8. The van der Waals surface area contributed by atoms with Crippen LogP contribution >= 0.6 is 0 Å². The Bertz CT molecular complexity index is 1300. The number of aromatic nitrogens is 1.